The molecule has 2 rings (SSSR count). The molecule has 0 bridgehead atoms. The smallest absolute Gasteiger partial charge is 0.237 e. The van der Waals surface area contributed by atoms with Crippen LogP contribution in [0.15, 0.2) is 30.3 Å². The van der Waals surface area contributed by atoms with E-state index in [2.05, 4.69) is 5.32 Å². The van der Waals surface area contributed by atoms with Gasteiger partial charge >= 0.3 is 0 Å². The van der Waals surface area contributed by atoms with Gasteiger partial charge in [-0.3, -0.25) is 4.79 Å². The number of benzene rings is 1. The average molecular weight is 262 g/mol. The molecular weight excluding hydrogens is 240 g/mol. The molecule has 3 N–H and O–H groups in total. The molecule has 0 spiro atoms. The summed E-state index contributed by atoms with van der Waals surface area (Å²) in [5.41, 5.74) is 7.05. The lowest BCUT2D eigenvalue weighted by Crippen LogP contribution is -2.48. The predicted molar refractivity (Wildman–Crippen MR) is 74.7 cm³/mol. The maximum absolute atomic E-state index is 12.0. The molecule has 1 heterocycles. The van der Waals surface area contributed by atoms with E-state index in [9.17, 15) is 4.79 Å². The highest BCUT2D eigenvalue weighted by molar-refractivity contribution is 5.82. The van der Waals surface area contributed by atoms with E-state index in [0.29, 0.717) is 13.0 Å². The largest absolute Gasteiger partial charge is 0.378 e. The molecule has 2 unspecified atom stereocenters. The molecule has 0 aromatic heterocycles. The number of nitrogens with two attached hydrogens (primary N) is 1. The Kier molecular flexibility index (Phi) is 4.93. The molecule has 3 atom stereocenters. The van der Waals surface area contributed by atoms with E-state index in [1.54, 1.807) is 0 Å². The molecule has 1 aromatic carbocycles. The van der Waals surface area contributed by atoms with Crippen LogP contribution in [0.1, 0.15) is 25.3 Å². The van der Waals surface area contributed by atoms with Gasteiger partial charge < -0.3 is 15.8 Å². The Morgan fingerprint density at radius 1 is 1.47 bits per heavy atom. The molecule has 1 amide bonds. The zero-order valence-electron chi connectivity index (χ0n) is 11.3. The van der Waals surface area contributed by atoms with Gasteiger partial charge in [0.15, 0.2) is 0 Å². The molecule has 1 fully saturated rings. The summed E-state index contributed by atoms with van der Waals surface area (Å²) >= 11 is 0. The number of hydrogen-bond acceptors (Lipinski definition) is 3. The van der Waals surface area contributed by atoms with Crippen molar-refractivity contribution in [2.24, 2.45) is 5.73 Å². The number of carbonyl (C=O) groups excluding carboxylic acids is 1. The summed E-state index contributed by atoms with van der Waals surface area (Å²) in [5, 5.41) is 3.03. The highest BCUT2D eigenvalue weighted by atomic mass is 16.5. The molecular formula is C15H22N2O2. The third-order valence-electron chi connectivity index (χ3n) is 3.47. The summed E-state index contributed by atoms with van der Waals surface area (Å²) in [4.78, 5) is 12.0. The van der Waals surface area contributed by atoms with Crippen molar-refractivity contribution in [1.29, 1.82) is 0 Å². The first-order valence-corrected chi connectivity index (χ1v) is 6.86. The van der Waals surface area contributed by atoms with Gasteiger partial charge in [0.1, 0.15) is 0 Å². The van der Waals surface area contributed by atoms with Crippen LogP contribution >= 0.6 is 0 Å². The number of carbonyl (C=O) groups is 1. The Hall–Kier alpha value is -1.39. The molecule has 1 aromatic rings. The number of hydrogen-bond donors (Lipinski definition) is 2. The SMILES string of the molecule is CC1CC(NC(=O)[C@H](N)Cc2ccccc2)CCO1. The summed E-state index contributed by atoms with van der Waals surface area (Å²) in [7, 11) is 0. The van der Waals surface area contributed by atoms with E-state index in [1.165, 1.54) is 0 Å². The molecule has 1 aliphatic heterocycles. The minimum Gasteiger partial charge on any atom is -0.378 e. The zero-order chi connectivity index (χ0) is 13.7. The maximum Gasteiger partial charge on any atom is 0.237 e. The van der Waals surface area contributed by atoms with Gasteiger partial charge in [-0.1, -0.05) is 30.3 Å². The van der Waals surface area contributed by atoms with Crippen LogP contribution in [0.25, 0.3) is 0 Å². The summed E-state index contributed by atoms with van der Waals surface area (Å²) in [5.74, 6) is -0.0667. The number of amides is 1. The summed E-state index contributed by atoms with van der Waals surface area (Å²) < 4.78 is 5.46. The van der Waals surface area contributed by atoms with E-state index < -0.39 is 6.04 Å². The fraction of sp³-hybridized carbons (Fsp3) is 0.533. The first-order chi connectivity index (χ1) is 9.15. The van der Waals surface area contributed by atoms with Gasteiger partial charge in [-0.25, -0.2) is 0 Å². The van der Waals surface area contributed by atoms with Crippen molar-refractivity contribution in [2.75, 3.05) is 6.61 Å². The zero-order valence-corrected chi connectivity index (χ0v) is 11.3. The molecule has 0 saturated carbocycles. The standard InChI is InChI=1S/C15H22N2O2/c1-11-9-13(7-8-19-11)17-15(18)14(16)10-12-5-3-2-4-6-12/h2-6,11,13-14H,7-10,16H2,1H3,(H,17,18)/t11?,13?,14-/m1/s1. The Balaban J connectivity index is 1.82. The first kappa shape index (κ1) is 14.0. The van der Waals surface area contributed by atoms with Gasteiger partial charge in [-0.05, 0) is 31.7 Å². The van der Waals surface area contributed by atoms with Gasteiger partial charge in [0.2, 0.25) is 5.91 Å². The monoisotopic (exact) mass is 262 g/mol. The van der Waals surface area contributed by atoms with E-state index >= 15 is 0 Å². The van der Waals surface area contributed by atoms with E-state index in [-0.39, 0.29) is 18.1 Å². The summed E-state index contributed by atoms with van der Waals surface area (Å²) in [6.45, 7) is 2.74. The minimum atomic E-state index is -0.486. The molecule has 0 aliphatic carbocycles. The van der Waals surface area contributed by atoms with E-state index in [4.69, 9.17) is 10.5 Å². The lowest BCUT2D eigenvalue weighted by molar-refractivity contribution is -0.124. The van der Waals surface area contributed by atoms with Crippen LogP contribution in [-0.2, 0) is 16.0 Å². The second kappa shape index (κ2) is 6.68. The Morgan fingerprint density at radius 3 is 2.89 bits per heavy atom. The topological polar surface area (TPSA) is 64.4 Å². The van der Waals surface area contributed by atoms with Gasteiger partial charge in [0.25, 0.3) is 0 Å². The lowest BCUT2D eigenvalue weighted by Gasteiger charge is -2.28. The van der Waals surface area contributed by atoms with Crippen LogP contribution < -0.4 is 11.1 Å². The minimum absolute atomic E-state index is 0.0667. The molecule has 1 aliphatic rings. The summed E-state index contributed by atoms with van der Waals surface area (Å²) in [6, 6.07) is 9.56. The van der Waals surface area contributed by atoms with Crippen molar-refractivity contribution in [3.05, 3.63) is 35.9 Å². The molecule has 0 radical (unpaired) electrons. The molecule has 4 heteroatoms. The van der Waals surface area contributed by atoms with Crippen LogP contribution in [0, 0.1) is 0 Å². The fourth-order valence-corrected chi connectivity index (χ4v) is 2.40. The Labute approximate surface area is 114 Å². The van der Waals surface area contributed by atoms with Crippen LogP contribution in [0.3, 0.4) is 0 Å². The van der Waals surface area contributed by atoms with Crippen molar-refractivity contribution in [1.82, 2.24) is 5.32 Å². The van der Waals surface area contributed by atoms with Gasteiger partial charge in [0.05, 0.1) is 12.1 Å². The second-order valence-corrected chi connectivity index (χ2v) is 5.21. The highest BCUT2D eigenvalue weighted by Gasteiger charge is 2.23. The number of rotatable bonds is 4. The fourth-order valence-electron chi connectivity index (χ4n) is 2.40. The van der Waals surface area contributed by atoms with Crippen LogP contribution in [0.4, 0.5) is 0 Å². The Morgan fingerprint density at radius 2 is 2.21 bits per heavy atom. The van der Waals surface area contributed by atoms with Crippen LogP contribution in [0.5, 0.6) is 0 Å². The van der Waals surface area contributed by atoms with Crippen LogP contribution in [0.2, 0.25) is 0 Å². The summed E-state index contributed by atoms with van der Waals surface area (Å²) in [6.07, 6.45) is 2.52. The Bertz CT molecular complexity index is 408. The third kappa shape index (κ3) is 4.33. The third-order valence-corrected chi connectivity index (χ3v) is 3.47. The van der Waals surface area contributed by atoms with Crippen molar-refractivity contribution < 1.29 is 9.53 Å². The molecule has 19 heavy (non-hydrogen) atoms. The molecule has 4 nitrogen and oxygen atoms in total. The van der Waals surface area contributed by atoms with Gasteiger partial charge in [0, 0.05) is 12.6 Å². The maximum atomic E-state index is 12.0. The predicted octanol–water partition coefficient (Wildman–Crippen LogP) is 1.24. The quantitative estimate of drug-likeness (QED) is 0.858. The van der Waals surface area contributed by atoms with E-state index in [1.807, 2.05) is 37.3 Å². The average Bonchev–Trinajstić information content (AvgIpc) is 2.40. The molecule has 104 valence electrons. The van der Waals surface area contributed by atoms with Crippen molar-refractivity contribution in [2.45, 2.75) is 44.4 Å². The van der Waals surface area contributed by atoms with Crippen molar-refractivity contribution >= 4 is 5.91 Å². The van der Waals surface area contributed by atoms with Crippen molar-refractivity contribution in [3.63, 3.8) is 0 Å². The van der Waals surface area contributed by atoms with Gasteiger partial charge in [-0.15, -0.1) is 0 Å². The lowest BCUT2D eigenvalue weighted by atomic mass is 10.0. The van der Waals surface area contributed by atoms with E-state index in [0.717, 1.165) is 18.4 Å². The first-order valence-electron chi connectivity index (χ1n) is 6.86. The number of ether oxygens (including phenoxy) is 1. The van der Waals surface area contributed by atoms with Crippen LogP contribution in [-0.4, -0.2) is 30.7 Å². The molecule has 1 saturated heterocycles. The normalized spacial score (nSPS) is 24.7. The number of nitrogens with one attached hydrogen (secondary N) is 1. The van der Waals surface area contributed by atoms with Gasteiger partial charge in [-0.2, -0.15) is 0 Å². The second-order valence-electron chi connectivity index (χ2n) is 5.21. The van der Waals surface area contributed by atoms with Crippen molar-refractivity contribution in [3.8, 4) is 0 Å². The highest BCUT2D eigenvalue weighted by Crippen LogP contribution is 2.13.